The molecule has 2 fully saturated rings. The van der Waals surface area contributed by atoms with Gasteiger partial charge < -0.3 is 14.2 Å². The SMILES string of the molecule is CCC(C)Oc1c(OC)cc(C=NN2C(=O)C3C4C=CC(C4)C3C2=O)cc1OC. The third-order valence-corrected chi connectivity index (χ3v) is 6.15. The Balaban J connectivity index is 1.59. The van der Waals surface area contributed by atoms with Gasteiger partial charge in [0.2, 0.25) is 5.75 Å². The molecule has 3 aliphatic rings. The number of amides is 2. The van der Waals surface area contributed by atoms with Crippen LogP contribution in [-0.4, -0.2) is 43.4 Å². The van der Waals surface area contributed by atoms with Gasteiger partial charge in [-0.3, -0.25) is 9.59 Å². The number of carbonyl (C=O) groups is 2. The highest BCUT2D eigenvalue weighted by Crippen LogP contribution is 2.52. The smallest absolute Gasteiger partial charge is 0.254 e. The van der Waals surface area contributed by atoms with Gasteiger partial charge in [-0.05, 0) is 43.7 Å². The molecular formula is C22H26N2O5. The van der Waals surface area contributed by atoms with Crippen LogP contribution in [0.2, 0.25) is 0 Å². The second kappa shape index (κ2) is 7.54. The molecule has 29 heavy (non-hydrogen) atoms. The van der Waals surface area contributed by atoms with E-state index in [1.807, 2.05) is 13.8 Å². The third-order valence-electron chi connectivity index (χ3n) is 6.15. The zero-order valence-electron chi connectivity index (χ0n) is 17.1. The van der Waals surface area contributed by atoms with E-state index in [9.17, 15) is 9.59 Å². The summed E-state index contributed by atoms with van der Waals surface area (Å²) >= 11 is 0. The van der Waals surface area contributed by atoms with Gasteiger partial charge in [0.1, 0.15) is 0 Å². The Bertz CT molecular complexity index is 838. The highest BCUT2D eigenvalue weighted by Gasteiger charge is 2.59. The molecular weight excluding hydrogens is 372 g/mol. The van der Waals surface area contributed by atoms with E-state index in [1.54, 1.807) is 26.4 Å². The van der Waals surface area contributed by atoms with E-state index in [1.165, 1.54) is 6.21 Å². The van der Waals surface area contributed by atoms with Gasteiger partial charge >= 0.3 is 0 Å². The molecule has 1 aromatic rings. The minimum atomic E-state index is -0.259. The number of hydrogen-bond acceptors (Lipinski definition) is 6. The molecule has 5 unspecified atom stereocenters. The first-order valence-corrected chi connectivity index (χ1v) is 10.0. The molecule has 5 atom stereocenters. The maximum absolute atomic E-state index is 12.8. The lowest BCUT2D eigenvalue weighted by molar-refractivity contribution is -0.140. The summed E-state index contributed by atoms with van der Waals surface area (Å²) in [5, 5.41) is 5.25. The number of methoxy groups -OCH3 is 2. The van der Waals surface area contributed by atoms with Crippen molar-refractivity contribution in [2.24, 2.45) is 28.8 Å². The molecule has 0 radical (unpaired) electrons. The van der Waals surface area contributed by atoms with Crippen LogP contribution in [0.25, 0.3) is 0 Å². The Morgan fingerprint density at radius 1 is 1.10 bits per heavy atom. The average Bonchev–Trinajstić information content (AvgIpc) is 3.41. The number of nitrogens with zero attached hydrogens (tertiary/aromatic N) is 2. The van der Waals surface area contributed by atoms with E-state index in [4.69, 9.17) is 14.2 Å². The first-order valence-electron chi connectivity index (χ1n) is 10.0. The maximum Gasteiger partial charge on any atom is 0.254 e. The van der Waals surface area contributed by atoms with Crippen molar-refractivity contribution in [3.05, 3.63) is 29.8 Å². The van der Waals surface area contributed by atoms with E-state index in [0.29, 0.717) is 22.8 Å². The largest absolute Gasteiger partial charge is 0.493 e. The molecule has 2 aliphatic carbocycles. The van der Waals surface area contributed by atoms with Crippen LogP contribution in [0.3, 0.4) is 0 Å². The van der Waals surface area contributed by atoms with Gasteiger partial charge in [0.25, 0.3) is 11.8 Å². The molecule has 4 rings (SSSR count). The number of hydrogen-bond donors (Lipinski definition) is 0. The van der Waals surface area contributed by atoms with Crippen molar-refractivity contribution in [2.45, 2.75) is 32.8 Å². The fraction of sp³-hybridized carbons (Fsp3) is 0.500. The van der Waals surface area contributed by atoms with Crippen LogP contribution < -0.4 is 14.2 Å². The molecule has 7 nitrogen and oxygen atoms in total. The minimum Gasteiger partial charge on any atom is -0.493 e. The maximum atomic E-state index is 12.8. The number of allylic oxidation sites excluding steroid dienone is 2. The van der Waals surface area contributed by atoms with Crippen LogP contribution >= 0.6 is 0 Å². The van der Waals surface area contributed by atoms with Crippen molar-refractivity contribution in [1.82, 2.24) is 5.01 Å². The van der Waals surface area contributed by atoms with Crippen LogP contribution in [0.15, 0.2) is 29.4 Å². The van der Waals surface area contributed by atoms with Gasteiger partial charge in [-0.25, -0.2) is 0 Å². The Hall–Kier alpha value is -2.83. The lowest BCUT2D eigenvalue weighted by atomic mass is 9.85. The average molecular weight is 398 g/mol. The summed E-state index contributed by atoms with van der Waals surface area (Å²) in [5.41, 5.74) is 0.647. The summed E-state index contributed by atoms with van der Waals surface area (Å²) in [5.74, 6) is 0.931. The number of carbonyl (C=O) groups excluding carboxylic acids is 2. The summed E-state index contributed by atoms with van der Waals surface area (Å²) in [4.78, 5) is 25.5. The van der Waals surface area contributed by atoms with Crippen molar-refractivity contribution in [1.29, 1.82) is 0 Å². The molecule has 0 spiro atoms. The normalized spacial score (nSPS) is 28.3. The van der Waals surface area contributed by atoms with Gasteiger partial charge in [-0.2, -0.15) is 10.1 Å². The number of imide groups is 1. The summed E-state index contributed by atoms with van der Waals surface area (Å²) < 4.78 is 16.9. The number of fused-ring (bicyclic) bond motifs is 5. The molecule has 2 amide bonds. The summed E-state index contributed by atoms with van der Waals surface area (Å²) in [6.07, 6.45) is 7.36. The second-order valence-corrected chi connectivity index (χ2v) is 7.82. The second-order valence-electron chi connectivity index (χ2n) is 7.82. The molecule has 2 bridgehead atoms. The van der Waals surface area contributed by atoms with E-state index in [-0.39, 0.29) is 41.6 Å². The fourth-order valence-electron chi connectivity index (χ4n) is 4.50. The molecule has 1 heterocycles. The lowest BCUT2D eigenvalue weighted by Crippen LogP contribution is -2.28. The van der Waals surface area contributed by atoms with Crippen LogP contribution in [0.4, 0.5) is 0 Å². The van der Waals surface area contributed by atoms with Gasteiger partial charge in [0.15, 0.2) is 11.5 Å². The van der Waals surface area contributed by atoms with Crippen LogP contribution in [0, 0.1) is 23.7 Å². The van der Waals surface area contributed by atoms with Crippen LogP contribution in [0.5, 0.6) is 17.2 Å². The molecule has 0 aromatic heterocycles. The zero-order valence-corrected chi connectivity index (χ0v) is 17.1. The van der Waals surface area contributed by atoms with Crippen molar-refractivity contribution in [3.63, 3.8) is 0 Å². The highest BCUT2D eigenvalue weighted by molar-refractivity contribution is 6.06. The van der Waals surface area contributed by atoms with Gasteiger partial charge in [-0.1, -0.05) is 19.1 Å². The van der Waals surface area contributed by atoms with Crippen LogP contribution in [-0.2, 0) is 9.59 Å². The number of rotatable bonds is 7. The van der Waals surface area contributed by atoms with E-state index in [0.717, 1.165) is 17.9 Å². The Morgan fingerprint density at radius 2 is 1.66 bits per heavy atom. The van der Waals surface area contributed by atoms with Crippen molar-refractivity contribution in [3.8, 4) is 17.2 Å². The topological polar surface area (TPSA) is 77.4 Å². The number of ether oxygens (including phenoxy) is 3. The first kappa shape index (κ1) is 19.5. The zero-order chi connectivity index (χ0) is 20.7. The Morgan fingerprint density at radius 3 is 2.14 bits per heavy atom. The quantitative estimate of drug-likeness (QED) is 0.401. The van der Waals surface area contributed by atoms with E-state index in [2.05, 4.69) is 17.3 Å². The molecule has 1 saturated carbocycles. The molecule has 1 saturated heterocycles. The summed E-state index contributed by atoms with van der Waals surface area (Å²) in [6.45, 7) is 4.00. The molecule has 0 N–H and O–H groups in total. The molecule has 1 aliphatic heterocycles. The fourth-order valence-corrected chi connectivity index (χ4v) is 4.50. The lowest BCUT2D eigenvalue weighted by Gasteiger charge is -2.19. The molecule has 1 aromatic carbocycles. The monoisotopic (exact) mass is 398 g/mol. The number of hydrazone groups is 1. The van der Waals surface area contributed by atoms with Crippen molar-refractivity contribution >= 4 is 18.0 Å². The van der Waals surface area contributed by atoms with Gasteiger partial charge in [-0.15, -0.1) is 0 Å². The Labute approximate surface area is 170 Å². The van der Waals surface area contributed by atoms with Gasteiger partial charge in [0.05, 0.1) is 38.4 Å². The third kappa shape index (κ3) is 3.18. The predicted octanol–water partition coefficient (Wildman–Crippen LogP) is 3.02. The summed E-state index contributed by atoms with van der Waals surface area (Å²) in [6, 6.07) is 3.50. The first-order chi connectivity index (χ1) is 14.0. The van der Waals surface area contributed by atoms with E-state index < -0.39 is 0 Å². The highest BCUT2D eigenvalue weighted by atomic mass is 16.5. The Kier molecular flexibility index (Phi) is 5.06. The minimum absolute atomic E-state index is 0.000509. The number of benzene rings is 1. The molecule has 7 heteroatoms. The van der Waals surface area contributed by atoms with Crippen molar-refractivity contribution < 1.29 is 23.8 Å². The predicted molar refractivity (Wildman–Crippen MR) is 107 cm³/mol. The van der Waals surface area contributed by atoms with Crippen molar-refractivity contribution in [2.75, 3.05) is 14.2 Å². The standard InChI is InChI=1S/C22H26N2O5/c1-5-12(2)29-20-16(27-3)8-13(9-17(20)28-4)11-23-24-21(25)18-14-6-7-15(10-14)19(18)22(24)26/h6-9,11-12,14-15,18-19H,5,10H2,1-4H3. The van der Waals surface area contributed by atoms with Crippen LogP contribution in [0.1, 0.15) is 32.3 Å². The van der Waals surface area contributed by atoms with E-state index >= 15 is 0 Å². The summed E-state index contributed by atoms with van der Waals surface area (Å²) in [7, 11) is 3.10. The van der Waals surface area contributed by atoms with Gasteiger partial charge in [0, 0.05) is 5.56 Å². The molecule has 154 valence electrons.